The van der Waals surface area contributed by atoms with Gasteiger partial charge in [0.1, 0.15) is 0 Å². The fourth-order valence-corrected chi connectivity index (χ4v) is 1.66. The molecule has 0 spiro atoms. The maximum atomic E-state index is 4.39. The molecule has 0 aromatic carbocycles. The number of aromatic nitrogens is 2. The Morgan fingerprint density at radius 2 is 1.88 bits per heavy atom. The topological polar surface area (TPSA) is 17.8 Å². The average molecular weight is 224 g/mol. The van der Waals surface area contributed by atoms with E-state index in [4.69, 9.17) is 0 Å². The smallest absolute Gasteiger partial charge is 0.0521 e. The number of aryl methyl sites for hydroxylation is 1. The van der Waals surface area contributed by atoms with Crippen LogP contribution in [0.1, 0.15) is 66.0 Å². The van der Waals surface area contributed by atoms with E-state index in [2.05, 4.69) is 43.7 Å². The summed E-state index contributed by atoms with van der Waals surface area (Å²) in [6.07, 6.45) is 7.71. The molecule has 0 aliphatic rings. The Labute approximate surface area is 101 Å². The molecule has 16 heavy (non-hydrogen) atoms. The Morgan fingerprint density at radius 3 is 2.31 bits per heavy atom. The van der Waals surface area contributed by atoms with Crippen LogP contribution in [-0.2, 0) is 6.42 Å². The van der Waals surface area contributed by atoms with Crippen molar-refractivity contribution in [3.63, 3.8) is 0 Å². The molecule has 1 rings (SSSR count). The predicted molar refractivity (Wildman–Crippen MR) is 71.7 cm³/mol. The summed E-state index contributed by atoms with van der Waals surface area (Å²) in [6, 6.07) is 0.533. The van der Waals surface area contributed by atoms with Gasteiger partial charge in [-0.05, 0) is 31.2 Å². The third-order valence-corrected chi connectivity index (χ3v) is 2.96. The first-order chi connectivity index (χ1) is 7.67. The van der Waals surface area contributed by atoms with E-state index in [-0.39, 0.29) is 0 Å². The van der Waals surface area contributed by atoms with Gasteiger partial charge < -0.3 is 0 Å². The summed E-state index contributed by atoms with van der Waals surface area (Å²) in [6.45, 7) is 13.0. The van der Waals surface area contributed by atoms with E-state index in [0.29, 0.717) is 6.04 Å². The highest BCUT2D eigenvalue weighted by Crippen LogP contribution is 2.18. The first-order valence-electron chi connectivity index (χ1n) is 6.70. The highest BCUT2D eigenvalue weighted by molar-refractivity contribution is 5.03. The molecule has 0 aliphatic carbocycles. The van der Waals surface area contributed by atoms with Gasteiger partial charge in [0.05, 0.1) is 6.20 Å². The van der Waals surface area contributed by atoms with Crippen LogP contribution in [0.15, 0.2) is 12.4 Å². The SMILES string of the molecule is CC.CCc1cnn(C(C)CC(C)CC)c1. The summed E-state index contributed by atoms with van der Waals surface area (Å²) >= 11 is 0. The average Bonchev–Trinajstić information content (AvgIpc) is 2.80. The van der Waals surface area contributed by atoms with Crippen LogP contribution in [0.3, 0.4) is 0 Å². The molecule has 2 unspecified atom stereocenters. The summed E-state index contributed by atoms with van der Waals surface area (Å²) in [5.74, 6) is 0.791. The lowest BCUT2D eigenvalue weighted by atomic mass is 10.0. The second-order valence-corrected chi connectivity index (χ2v) is 4.28. The number of hydrogen-bond acceptors (Lipinski definition) is 1. The molecule has 0 fully saturated rings. The van der Waals surface area contributed by atoms with Gasteiger partial charge in [0.25, 0.3) is 0 Å². The highest BCUT2D eigenvalue weighted by Gasteiger charge is 2.09. The molecular weight excluding hydrogens is 196 g/mol. The van der Waals surface area contributed by atoms with Crippen LogP contribution in [0.2, 0.25) is 0 Å². The fraction of sp³-hybridized carbons (Fsp3) is 0.786. The maximum absolute atomic E-state index is 4.39. The van der Waals surface area contributed by atoms with Gasteiger partial charge >= 0.3 is 0 Å². The maximum Gasteiger partial charge on any atom is 0.0521 e. The van der Waals surface area contributed by atoms with Crippen LogP contribution in [0.25, 0.3) is 0 Å². The molecule has 1 aromatic rings. The second-order valence-electron chi connectivity index (χ2n) is 4.28. The standard InChI is InChI=1S/C12H22N2.C2H6/c1-5-10(3)7-11(4)14-9-12(6-2)8-13-14;1-2/h8-11H,5-7H2,1-4H3;1-2H3. The van der Waals surface area contributed by atoms with E-state index in [1.807, 2.05) is 20.0 Å². The van der Waals surface area contributed by atoms with E-state index >= 15 is 0 Å². The Bertz CT molecular complexity index is 265. The van der Waals surface area contributed by atoms with E-state index in [0.717, 1.165) is 12.3 Å². The minimum atomic E-state index is 0.533. The lowest BCUT2D eigenvalue weighted by Crippen LogP contribution is -2.09. The molecule has 1 heterocycles. The molecule has 0 saturated heterocycles. The third kappa shape index (κ3) is 4.82. The molecule has 2 nitrogen and oxygen atoms in total. The van der Waals surface area contributed by atoms with Crippen molar-refractivity contribution in [2.75, 3.05) is 0 Å². The second kappa shape index (κ2) is 8.37. The van der Waals surface area contributed by atoms with Gasteiger partial charge in [0.15, 0.2) is 0 Å². The van der Waals surface area contributed by atoms with E-state index in [1.165, 1.54) is 18.4 Å². The Kier molecular flexibility index (Phi) is 7.96. The lowest BCUT2D eigenvalue weighted by Gasteiger charge is -2.16. The summed E-state index contributed by atoms with van der Waals surface area (Å²) < 4.78 is 2.10. The minimum absolute atomic E-state index is 0.533. The molecule has 1 aromatic heterocycles. The van der Waals surface area contributed by atoms with Gasteiger partial charge in [-0.25, -0.2) is 0 Å². The number of nitrogens with zero attached hydrogens (tertiary/aromatic N) is 2. The van der Waals surface area contributed by atoms with Crippen LogP contribution in [0.4, 0.5) is 0 Å². The minimum Gasteiger partial charge on any atom is -0.270 e. The van der Waals surface area contributed by atoms with Crippen LogP contribution in [0.5, 0.6) is 0 Å². The first-order valence-corrected chi connectivity index (χ1v) is 6.70. The Hall–Kier alpha value is -0.790. The van der Waals surface area contributed by atoms with Crippen molar-refractivity contribution in [2.45, 2.75) is 66.8 Å². The molecule has 0 N–H and O–H groups in total. The fourth-order valence-electron chi connectivity index (χ4n) is 1.66. The van der Waals surface area contributed by atoms with Crippen LogP contribution in [-0.4, -0.2) is 9.78 Å². The normalized spacial score (nSPS) is 13.9. The molecule has 2 atom stereocenters. The van der Waals surface area contributed by atoms with Gasteiger partial charge in [-0.15, -0.1) is 0 Å². The molecule has 2 heteroatoms. The van der Waals surface area contributed by atoms with Crippen molar-refractivity contribution in [1.29, 1.82) is 0 Å². The van der Waals surface area contributed by atoms with E-state index in [1.54, 1.807) is 0 Å². The molecule has 0 radical (unpaired) electrons. The van der Waals surface area contributed by atoms with Gasteiger partial charge in [-0.3, -0.25) is 4.68 Å². The molecule has 0 aliphatic heterocycles. The Morgan fingerprint density at radius 1 is 1.25 bits per heavy atom. The summed E-state index contributed by atoms with van der Waals surface area (Å²) in [5.41, 5.74) is 1.33. The molecule has 0 bridgehead atoms. The molecular formula is C14H28N2. The molecule has 0 amide bonds. The van der Waals surface area contributed by atoms with Crippen molar-refractivity contribution in [3.8, 4) is 0 Å². The zero-order valence-corrected chi connectivity index (χ0v) is 11.8. The highest BCUT2D eigenvalue weighted by atomic mass is 15.3. The zero-order valence-electron chi connectivity index (χ0n) is 11.8. The third-order valence-electron chi connectivity index (χ3n) is 2.96. The van der Waals surface area contributed by atoms with Gasteiger partial charge in [0.2, 0.25) is 0 Å². The number of hydrogen-bond donors (Lipinski definition) is 0. The van der Waals surface area contributed by atoms with E-state index < -0.39 is 0 Å². The first kappa shape index (κ1) is 15.2. The van der Waals surface area contributed by atoms with Crippen molar-refractivity contribution in [3.05, 3.63) is 18.0 Å². The summed E-state index contributed by atoms with van der Waals surface area (Å²) in [4.78, 5) is 0. The van der Waals surface area contributed by atoms with Gasteiger partial charge in [-0.1, -0.05) is 41.0 Å². The van der Waals surface area contributed by atoms with Crippen LogP contribution < -0.4 is 0 Å². The monoisotopic (exact) mass is 224 g/mol. The summed E-state index contributed by atoms with van der Waals surface area (Å²) in [7, 11) is 0. The van der Waals surface area contributed by atoms with Crippen molar-refractivity contribution in [1.82, 2.24) is 9.78 Å². The molecule has 94 valence electrons. The quantitative estimate of drug-likeness (QED) is 0.721. The predicted octanol–water partition coefficient (Wildman–Crippen LogP) is 4.47. The largest absolute Gasteiger partial charge is 0.270 e. The van der Waals surface area contributed by atoms with Crippen molar-refractivity contribution in [2.24, 2.45) is 5.92 Å². The van der Waals surface area contributed by atoms with Crippen LogP contribution >= 0.6 is 0 Å². The van der Waals surface area contributed by atoms with Gasteiger partial charge in [-0.2, -0.15) is 5.10 Å². The zero-order chi connectivity index (χ0) is 12.6. The Balaban J connectivity index is 0.00000106. The van der Waals surface area contributed by atoms with E-state index in [9.17, 15) is 0 Å². The van der Waals surface area contributed by atoms with Gasteiger partial charge in [0, 0.05) is 12.2 Å². The molecule has 0 saturated carbocycles. The van der Waals surface area contributed by atoms with Crippen molar-refractivity contribution >= 4 is 0 Å². The lowest BCUT2D eigenvalue weighted by molar-refractivity contribution is 0.374. The summed E-state index contributed by atoms with van der Waals surface area (Å²) in [5, 5.41) is 4.39. The number of rotatable bonds is 5. The van der Waals surface area contributed by atoms with Crippen LogP contribution in [0, 0.1) is 5.92 Å². The van der Waals surface area contributed by atoms with Crippen molar-refractivity contribution < 1.29 is 0 Å².